The highest BCUT2D eigenvalue weighted by atomic mass is 16.8. The molecule has 3 aliphatic rings. The molecule has 1 amide bonds. The van der Waals surface area contributed by atoms with E-state index in [4.69, 9.17) is 33.2 Å². The molecule has 3 saturated heterocycles. The standard InChI is InChI=1S/C35H39NO9/c1-34(2)40-20-27-28(43-34)29-30(45-35(3,4)44-29)33(42-27)41-26-14-10-9-13-24(26)22-15-17-23(18-16-22)31(37)36-25(32(38)39-5)19-21-11-7-6-8-12-21/h6-18,25,27-30,33H,19-20H2,1-5H3,(H,36,37)/t25-,27-,28-,29+,30+,33+/m1/s1. The lowest BCUT2D eigenvalue weighted by Gasteiger charge is -2.48. The molecule has 3 aliphatic heterocycles. The molecule has 0 radical (unpaired) electrons. The number of hydrogen-bond acceptors (Lipinski definition) is 9. The fourth-order valence-electron chi connectivity index (χ4n) is 6.00. The maximum atomic E-state index is 13.2. The summed E-state index contributed by atoms with van der Waals surface area (Å²) in [4.78, 5) is 25.6. The van der Waals surface area contributed by atoms with E-state index in [1.54, 1.807) is 12.1 Å². The van der Waals surface area contributed by atoms with Crippen LogP contribution < -0.4 is 10.1 Å². The summed E-state index contributed by atoms with van der Waals surface area (Å²) in [5.41, 5.74) is 2.95. The SMILES string of the molecule is COC(=O)[C@@H](Cc1ccccc1)NC(=O)c1ccc(-c2ccccc2O[C@H]2O[C@@H]3COC(C)(C)O[C@H]3[C@@H]3OC(C)(C)O[C@H]23)cc1. The van der Waals surface area contributed by atoms with Gasteiger partial charge in [-0.05, 0) is 57.0 Å². The van der Waals surface area contributed by atoms with Gasteiger partial charge in [0.15, 0.2) is 17.7 Å². The molecule has 3 heterocycles. The Morgan fingerprint density at radius 2 is 1.51 bits per heavy atom. The van der Waals surface area contributed by atoms with Crippen molar-refractivity contribution in [2.24, 2.45) is 0 Å². The summed E-state index contributed by atoms with van der Waals surface area (Å²) in [5.74, 6) is -1.92. The maximum Gasteiger partial charge on any atom is 0.328 e. The zero-order valence-electron chi connectivity index (χ0n) is 26.1. The molecule has 6 atom stereocenters. The molecule has 3 aromatic carbocycles. The number of carbonyl (C=O) groups is 2. The lowest BCUT2D eigenvalue weighted by molar-refractivity contribution is -0.362. The molecule has 0 unspecified atom stereocenters. The average molecular weight is 618 g/mol. The number of esters is 1. The second-order valence-electron chi connectivity index (χ2n) is 12.3. The number of ether oxygens (including phenoxy) is 7. The predicted octanol–water partition coefficient (Wildman–Crippen LogP) is 4.64. The summed E-state index contributed by atoms with van der Waals surface area (Å²) in [7, 11) is 1.31. The van der Waals surface area contributed by atoms with E-state index >= 15 is 0 Å². The van der Waals surface area contributed by atoms with E-state index in [-0.39, 0.29) is 12.0 Å². The number of rotatable bonds is 8. The van der Waals surface area contributed by atoms with Crippen molar-refractivity contribution in [2.45, 2.75) is 82.4 Å². The van der Waals surface area contributed by atoms with Gasteiger partial charge in [-0.2, -0.15) is 0 Å². The Balaban J connectivity index is 1.18. The van der Waals surface area contributed by atoms with Gasteiger partial charge in [-0.25, -0.2) is 4.79 Å². The number of benzene rings is 3. The second kappa shape index (κ2) is 12.5. The summed E-state index contributed by atoms with van der Waals surface area (Å²) >= 11 is 0. The third-order valence-electron chi connectivity index (χ3n) is 8.11. The van der Waals surface area contributed by atoms with Crippen LogP contribution in [0.1, 0.15) is 43.6 Å². The maximum absolute atomic E-state index is 13.2. The van der Waals surface area contributed by atoms with Crippen LogP contribution in [0.2, 0.25) is 0 Å². The summed E-state index contributed by atoms with van der Waals surface area (Å²) in [5, 5.41) is 2.81. The molecule has 6 rings (SSSR count). The Hall–Kier alpha value is -3.80. The first-order valence-corrected chi connectivity index (χ1v) is 15.1. The summed E-state index contributed by atoms with van der Waals surface area (Å²) in [6.07, 6.45) is -2.18. The third kappa shape index (κ3) is 6.90. The van der Waals surface area contributed by atoms with Crippen molar-refractivity contribution in [1.29, 1.82) is 0 Å². The molecule has 0 aliphatic carbocycles. The summed E-state index contributed by atoms with van der Waals surface area (Å²) in [6.45, 7) is 7.80. The first-order valence-electron chi connectivity index (χ1n) is 15.1. The molecule has 0 aromatic heterocycles. The van der Waals surface area contributed by atoms with Crippen LogP contribution in [0.5, 0.6) is 5.75 Å². The largest absolute Gasteiger partial charge is 0.467 e. The van der Waals surface area contributed by atoms with Crippen molar-refractivity contribution in [1.82, 2.24) is 5.32 Å². The second-order valence-corrected chi connectivity index (χ2v) is 12.3. The van der Waals surface area contributed by atoms with Gasteiger partial charge in [-0.15, -0.1) is 0 Å². The van der Waals surface area contributed by atoms with Gasteiger partial charge in [0, 0.05) is 17.5 Å². The number of carbonyl (C=O) groups excluding carboxylic acids is 2. The minimum absolute atomic E-state index is 0.316. The van der Waals surface area contributed by atoms with E-state index in [2.05, 4.69) is 5.32 Å². The number of amides is 1. The van der Waals surface area contributed by atoms with Gasteiger partial charge in [0.1, 0.15) is 30.1 Å². The fraction of sp³-hybridized carbons (Fsp3) is 0.429. The first-order chi connectivity index (χ1) is 21.5. The van der Waals surface area contributed by atoms with E-state index in [1.165, 1.54) is 7.11 Å². The highest BCUT2D eigenvalue weighted by Crippen LogP contribution is 2.43. The molecular weight excluding hydrogens is 578 g/mol. The van der Waals surface area contributed by atoms with Crippen molar-refractivity contribution in [3.63, 3.8) is 0 Å². The quantitative estimate of drug-likeness (QED) is 0.362. The summed E-state index contributed by atoms with van der Waals surface area (Å²) < 4.78 is 42.5. The monoisotopic (exact) mass is 617 g/mol. The molecule has 0 bridgehead atoms. The smallest absolute Gasteiger partial charge is 0.328 e. The Morgan fingerprint density at radius 1 is 0.844 bits per heavy atom. The fourth-order valence-corrected chi connectivity index (χ4v) is 6.00. The normalized spacial score (nSPS) is 27.0. The minimum Gasteiger partial charge on any atom is -0.467 e. The zero-order chi connectivity index (χ0) is 31.8. The van der Waals surface area contributed by atoms with Crippen LogP contribution in [0.3, 0.4) is 0 Å². The Kier molecular flexibility index (Phi) is 8.69. The van der Waals surface area contributed by atoms with E-state index in [0.717, 1.165) is 16.7 Å². The Bertz CT molecular complexity index is 1510. The number of para-hydroxylation sites is 1. The first kappa shape index (κ1) is 31.2. The molecule has 10 heteroatoms. The molecular formula is C35H39NO9. The molecule has 45 heavy (non-hydrogen) atoms. The van der Waals surface area contributed by atoms with Gasteiger partial charge < -0.3 is 38.5 Å². The van der Waals surface area contributed by atoms with Crippen LogP contribution in [-0.4, -0.2) is 73.9 Å². The Labute approximate surface area is 262 Å². The van der Waals surface area contributed by atoms with Gasteiger partial charge in [0.25, 0.3) is 5.91 Å². The molecule has 10 nitrogen and oxygen atoms in total. The van der Waals surface area contributed by atoms with Crippen LogP contribution in [0.25, 0.3) is 11.1 Å². The van der Waals surface area contributed by atoms with Crippen molar-refractivity contribution < 1.29 is 42.7 Å². The van der Waals surface area contributed by atoms with E-state index in [1.807, 2.05) is 94.4 Å². The average Bonchev–Trinajstić information content (AvgIpc) is 3.37. The lowest BCUT2D eigenvalue weighted by Crippen LogP contribution is -2.64. The minimum atomic E-state index is -0.842. The molecule has 1 N–H and O–H groups in total. The molecule has 0 saturated carbocycles. The molecule has 3 aromatic rings. The van der Waals surface area contributed by atoms with Crippen molar-refractivity contribution in [3.05, 3.63) is 90.0 Å². The van der Waals surface area contributed by atoms with Gasteiger partial charge in [0.2, 0.25) is 6.29 Å². The highest BCUT2D eigenvalue weighted by Gasteiger charge is 2.59. The molecule has 238 valence electrons. The topological polar surface area (TPSA) is 111 Å². The van der Waals surface area contributed by atoms with Gasteiger partial charge in [-0.3, -0.25) is 4.79 Å². The molecule has 0 spiro atoms. The zero-order valence-corrected chi connectivity index (χ0v) is 26.1. The lowest BCUT2D eigenvalue weighted by atomic mass is 9.97. The highest BCUT2D eigenvalue weighted by molar-refractivity contribution is 5.97. The van der Waals surface area contributed by atoms with E-state index < -0.39 is 48.2 Å². The third-order valence-corrected chi connectivity index (χ3v) is 8.11. The van der Waals surface area contributed by atoms with E-state index in [9.17, 15) is 9.59 Å². The number of fused-ring (bicyclic) bond motifs is 3. The van der Waals surface area contributed by atoms with Crippen molar-refractivity contribution in [3.8, 4) is 16.9 Å². The summed E-state index contributed by atoms with van der Waals surface area (Å²) in [6, 6.07) is 23.3. The van der Waals surface area contributed by atoms with Crippen LogP contribution >= 0.6 is 0 Å². The van der Waals surface area contributed by atoms with Gasteiger partial charge in [-0.1, -0.05) is 60.7 Å². The number of methoxy groups -OCH3 is 1. The number of hydrogen-bond donors (Lipinski definition) is 1. The number of nitrogens with one attached hydrogen (secondary N) is 1. The van der Waals surface area contributed by atoms with Crippen LogP contribution in [0, 0.1) is 0 Å². The van der Waals surface area contributed by atoms with E-state index in [0.29, 0.717) is 24.3 Å². The van der Waals surface area contributed by atoms with Gasteiger partial charge >= 0.3 is 5.97 Å². The predicted molar refractivity (Wildman–Crippen MR) is 163 cm³/mol. The van der Waals surface area contributed by atoms with Crippen molar-refractivity contribution in [2.75, 3.05) is 13.7 Å². The van der Waals surface area contributed by atoms with Crippen LogP contribution in [-0.2, 0) is 39.6 Å². The Morgan fingerprint density at radius 3 is 2.24 bits per heavy atom. The van der Waals surface area contributed by atoms with Crippen molar-refractivity contribution >= 4 is 11.9 Å². The molecule has 3 fully saturated rings. The van der Waals surface area contributed by atoms with Crippen LogP contribution in [0.4, 0.5) is 0 Å². The van der Waals surface area contributed by atoms with Crippen LogP contribution in [0.15, 0.2) is 78.9 Å². The van der Waals surface area contributed by atoms with Gasteiger partial charge in [0.05, 0.1) is 13.7 Å².